The molecule has 0 bridgehead atoms. The number of hydrogen-bond acceptors (Lipinski definition) is 9. The molecule has 1 aromatic carbocycles. The summed E-state index contributed by atoms with van der Waals surface area (Å²) in [5.74, 6) is 3.05. The number of anilines is 1. The second kappa shape index (κ2) is 8.66. The predicted molar refractivity (Wildman–Crippen MR) is 122 cm³/mol. The summed E-state index contributed by atoms with van der Waals surface area (Å²) in [6, 6.07) is 7.63. The molecule has 0 saturated carbocycles. The van der Waals surface area contributed by atoms with Crippen LogP contribution in [0.15, 0.2) is 45.1 Å². The standard InChI is InChI=1S/C22H22N6O4S/c1-3-24-18(29)6-7-28-21-19(20(23)25-10-26-21)27-22(28)33-17-9-16-15(30-11-31-16)8-13(17)14-5-4-12(2)32-14/h4-5,8-10H,3,6-7,11H2,1-2H3,(H,24,29)(H2,23,25,26). The number of rotatable bonds is 7. The highest BCUT2D eigenvalue weighted by Crippen LogP contribution is 2.45. The van der Waals surface area contributed by atoms with Crippen molar-refractivity contribution in [2.24, 2.45) is 0 Å². The molecule has 33 heavy (non-hydrogen) atoms. The van der Waals surface area contributed by atoms with E-state index >= 15 is 0 Å². The number of imidazole rings is 1. The Morgan fingerprint density at radius 2 is 2.06 bits per heavy atom. The van der Waals surface area contributed by atoms with Crippen LogP contribution in [0.2, 0.25) is 0 Å². The summed E-state index contributed by atoms with van der Waals surface area (Å²) < 4.78 is 18.9. The van der Waals surface area contributed by atoms with E-state index in [1.807, 2.05) is 42.7 Å². The third kappa shape index (κ3) is 4.07. The summed E-state index contributed by atoms with van der Waals surface area (Å²) >= 11 is 1.41. The Balaban J connectivity index is 1.58. The third-order valence-corrected chi connectivity index (χ3v) is 6.20. The Labute approximate surface area is 193 Å². The van der Waals surface area contributed by atoms with Crippen LogP contribution < -0.4 is 20.5 Å². The Kier molecular flexibility index (Phi) is 5.55. The molecule has 0 fully saturated rings. The monoisotopic (exact) mass is 466 g/mol. The van der Waals surface area contributed by atoms with Gasteiger partial charge in [-0.25, -0.2) is 15.0 Å². The van der Waals surface area contributed by atoms with Gasteiger partial charge in [0.1, 0.15) is 17.8 Å². The van der Waals surface area contributed by atoms with Crippen molar-refractivity contribution in [3.05, 3.63) is 36.4 Å². The van der Waals surface area contributed by atoms with E-state index in [9.17, 15) is 4.79 Å². The van der Waals surface area contributed by atoms with Gasteiger partial charge in [-0.15, -0.1) is 0 Å². The predicted octanol–water partition coefficient (Wildman–Crippen LogP) is 3.38. The van der Waals surface area contributed by atoms with Crippen LogP contribution in [0.1, 0.15) is 19.1 Å². The van der Waals surface area contributed by atoms with Crippen LogP contribution in [0.25, 0.3) is 22.5 Å². The first-order chi connectivity index (χ1) is 16.0. The Hall–Kier alpha value is -3.73. The molecule has 1 amide bonds. The van der Waals surface area contributed by atoms with Crippen molar-refractivity contribution in [2.45, 2.75) is 36.9 Å². The van der Waals surface area contributed by atoms with Crippen LogP contribution in [0.5, 0.6) is 11.5 Å². The molecule has 0 unspecified atom stereocenters. The van der Waals surface area contributed by atoms with E-state index < -0.39 is 0 Å². The minimum atomic E-state index is -0.0489. The van der Waals surface area contributed by atoms with Crippen molar-refractivity contribution >= 4 is 34.7 Å². The molecule has 3 N–H and O–H groups in total. The number of carbonyl (C=O) groups excluding carboxylic acids is 1. The minimum Gasteiger partial charge on any atom is -0.461 e. The van der Waals surface area contributed by atoms with Crippen LogP contribution in [0.3, 0.4) is 0 Å². The first kappa shape index (κ1) is 21.1. The Morgan fingerprint density at radius 3 is 2.82 bits per heavy atom. The number of nitrogens with zero attached hydrogens (tertiary/aromatic N) is 4. The molecule has 170 valence electrons. The topological polar surface area (TPSA) is 130 Å². The van der Waals surface area contributed by atoms with E-state index in [0.29, 0.717) is 46.7 Å². The third-order valence-electron chi connectivity index (χ3n) is 5.14. The van der Waals surface area contributed by atoms with Gasteiger partial charge in [0.15, 0.2) is 33.6 Å². The van der Waals surface area contributed by atoms with Gasteiger partial charge in [-0.05, 0) is 38.1 Å². The number of amides is 1. The largest absolute Gasteiger partial charge is 0.461 e. The number of ether oxygens (including phenoxy) is 2. The number of nitrogens with two attached hydrogens (primary N) is 1. The van der Waals surface area contributed by atoms with Gasteiger partial charge in [0, 0.05) is 30.0 Å². The van der Waals surface area contributed by atoms with Gasteiger partial charge < -0.3 is 29.5 Å². The first-order valence-electron chi connectivity index (χ1n) is 10.4. The second-order valence-electron chi connectivity index (χ2n) is 7.39. The lowest BCUT2D eigenvalue weighted by Gasteiger charge is -2.11. The molecule has 5 rings (SSSR count). The molecular formula is C22H22N6O4S. The smallest absolute Gasteiger partial charge is 0.231 e. The average Bonchev–Trinajstić information content (AvgIpc) is 3.51. The van der Waals surface area contributed by atoms with E-state index in [-0.39, 0.29) is 24.9 Å². The highest BCUT2D eigenvalue weighted by Gasteiger charge is 2.23. The highest BCUT2D eigenvalue weighted by molar-refractivity contribution is 7.99. The number of carbonyl (C=O) groups is 1. The Morgan fingerprint density at radius 1 is 1.24 bits per heavy atom. The zero-order valence-electron chi connectivity index (χ0n) is 18.1. The van der Waals surface area contributed by atoms with Crippen molar-refractivity contribution in [1.29, 1.82) is 0 Å². The molecule has 3 aromatic heterocycles. The van der Waals surface area contributed by atoms with Crippen LogP contribution in [-0.4, -0.2) is 38.8 Å². The number of aryl methyl sites for hydroxylation is 2. The van der Waals surface area contributed by atoms with Gasteiger partial charge in [0.05, 0.1) is 0 Å². The van der Waals surface area contributed by atoms with E-state index in [1.54, 1.807) is 0 Å². The summed E-state index contributed by atoms with van der Waals surface area (Å²) in [7, 11) is 0. The molecule has 10 nitrogen and oxygen atoms in total. The molecule has 1 aliphatic rings. The molecule has 4 heterocycles. The summed E-state index contributed by atoms with van der Waals surface area (Å²) in [6.07, 6.45) is 1.68. The average molecular weight is 467 g/mol. The molecule has 0 spiro atoms. The molecule has 0 aliphatic carbocycles. The van der Waals surface area contributed by atoms with E-state index in [0.717, 1.165) is 16.2 Å². The zero-order valence-corrected chi connectivity index (χ0v) is 18.9. The molecule has 0 atom stereocenters. The van der Waals surface area contributed by atoms with Crippen LogP contribution in [0, 0.1) is 6.92 Å². The van der Waals surface area contributed by atoms with E-state index in [4.69, 9.17) is 24.6 Å². The van der Waals surface area contributed by atoms with Gasteiger partial charge >= 0.3 is 0 Å². The van der Waals surface area contributed by atoms with Crippen molar-refractivity contribution in [2.75, 3.05) is 19.1 Å². The Bertz CT molecular complexity index is 1350. The fourth-order valence-electron chi connectivity index (χ4n) is 3.59. The lowest BCUT2D eigenvalue weighted by atomic mass is 10.1. The summed E-state index contributed by atoms with van der Waals surface area (Å²) in [6.45, 7) is 4.91. The minimum absolute atomic E-state index is 0.0489. The SMILES string of the molecule is CCNC(=O)CCn1c(Sc2cc3c(cc2-c2ccc(C)o2)OCO3)nc2c(N)ncnc21. The maximum absolute atomic E-state index is 12.1. The summed E-state index contributed by atoms with van der Waals surface area (Å²) in [5.41, 5.74) is 7.98. The number of fused-ring (bicyclic) bond motifs is 2. The fraction of sp³-hybridized carbons (Fsp3) is 0.273. The van der Waals surface area contributed by atoms with Gasteiger partial charge in [-0.3, -0.25) is 4.79 Å². The number of furan rings is 1. The van der Waals surface area contributed by atoms with E-state index in [2.05, 4.69) is 15.3 Å². The highest BCUT2D eigenvalue weighted by atomic mass is 32.2. The zero-order chi connectivity index (χ0) is 22.9. The number of nitrogens with one attached hydrogen (secondary N) is 1. The lowest BCUT2D eigenvalue weighted by molar-refractivity contribution is -0.121. The quantitative estimate of drug-likeness (QED) is 0.421. The summed E-state index contributed by atoms with van der Waals surface area (Å²) in [4.78, 5) is 26.1. The van der Waals surface area contributed by atoms with Crippen LogP contribution in [-0.2, 0) is 11.3 Å². The summed E-state index contributed by atoms with van der Waals surface area (Å²) in [5, 5.41) is 3.45. The number of benzene rings is 1. The van der Waals surface area contributed by atoms with Crippen molar-refractivity contribution in [3.8, 4) is 22.8 Å². The maximum atomic E-state index is 12.1. The maximum Gasteiger partial charge on any atom is 0.231 e. The number of aromatic nitrogens is 4. The van der Waals surface area contributed by atoms with Crippen LogP contribution in [0.4, 0.5) is 5.82 Å². The van der Waals surface area contributed by atoms with Crippen molar-refractivity contribution in [3.63, 3.8) is 0 Å². The number of hydrogen-bond donors (Lipinski definition) is 2. The lowest BCUT2D eigenvalue weighted by Crippen LogP contribution is -2.23. The van der Waals surface area contributed by atoms with Crippen LogP contribution >= 0.6 is 11.8 Å². The fourth-order valence-corrected chi connectivity index (χ4v) is 4.65. The van der Waals surface area contributed by atoms with E-state index in [1.165, 1.54) is 18.1 Å². The normalized spacial score (nSPS) is 12.4. The van der Waals surface area contributed by atoms with Crippen molar-refractivity contribution < 1.29 is 18.7 Å². The molecule has 11 heteroatoms. The molecule has 4 aromatic rings. The molecular weight excluding hydrogens is 444 g/mol. The number of nitrogen functional groups attached to an aromatic ring is 1. The molecule has 1 aliphatic heterocycles. The van der Waals surface area contributed by atoms with Gasteiger partial charge in [0.2, 0.25) is 12.7 Å². The van der Waals surface area contributed by atoms with Gasteiger partial charge in [0.25, 0.3) is 0 Å². The van der Waals surface area contributed by atoms with Gasteiger partial charge in [-0.2, -0.15) is 0 Å². The first-order valence-corrected chi connectivity index (χ1v) is 11.3. The molecule has 0 saturated heterocycles. The second-order valence-corrected chi connectivity index (χ2v) is 8.40. The van der Waals surface area contributed by atoms with Crippen molar-refractivity contribution in [1.82, 2.24) is 24.8 Å². The van der Waals surface area contributed by atoms with Gasteiger partial charge in [-0.1, -0.05) is 11.8 Å². The molecule has 0 radical (unpaired) electrons.